The van der Waals surface area contributed by atoms with Gasteiger partial charge in [0.25, 0.3) is 11.8 Å². The van der Waals surface area contributed by atoms with Crippen LogP contribution >= 0.6 is 56.1 Å². The molecule has 0 unspecified atom stereocenters. The van der Waals surface area contributed by atoms with Crippen molar-refractivity contribution in [3.8, 4) is 5.82 Å². The molecular weight excluding hydrogens is 584 g/mol. The highest BCUT2D eigenvalue weighted by atomic mass is 79.9. The van der Waals surface area contributed by atoms with Gasteiger partial charge in [0.1, 0.15) is 11.5 Å². The van der Waals surface area contributed by atoms with Gasteiger partial charge in [0.2, 0.25) is 0 Å². The van der Waals surface area contributed by atoms with E-state index in [0.717, 1.165) is 0 Å². The molecule has 0 aliphatic heterocycles. The van der Waals surface area contributed by atoms with Gasteiger partial charge < -0.3 is 10.6 Å². The van der Waals surface area contributed by atoms with Crippen molar-refractivity contribution in [1.29, 1.82) is 0 Å². The van der Waals surface area contributed by atoms with Crippen molar-refractivity contribution >= 4 is 79.4 Å². The monoisotopic (exact) mass is 598 g/mol. The molecular formula is C21H17Br2ClN4O3S. The van der Waals surface area contributed by atoms with Crippen LogP contribution in [-0.2, 0) is 10.5 Å². The molecule has 2 aromatic heterocycles. The Kier molecular flexibility index (Phi) is 8.16. The van der Waals surface area contributed by atoms with Crippen molar-refractivity contribution in [2.24, 2.45) is 0 Å². The third-order valence-corrected chi connectivity index (χ3v) is 6.05. The first-order valence-corrected chi connectivity index (χ1v) is 11.8. The lowest BCUT2D eigenvalue weighted by Gasteiger charge is -2.16. The summed E-state index contributed by atoms with van der Waals surface area (Å²) in [6.07, 6.45) is 1.58. The van der Waals surface area contributed by atoms with Gasteiger partial charge >= 0.3 is 0 Å². The number of halogens is 3. The molecule has 0 fully saturated rings. The van der Waals surface area contributed by atoms with Crippen LogP contribution in [0.5, 0.6) is 0 Å². The molecule has 0 saturated carbocycles. The molecule has 0 spiro atoms. The number of hydrogen-bond donors (Lipinski definition) is 3. The number of pyridine rings is 1. The fraction of sp³-hybridized carbons (Fsp3) is 0.143. The van der Waals surface area contributed by atoms with E-state index < -0.39 is 11.8 Å². The van der Waals surface area contributed by atoms with E-state index >= 15 is 0 Å². The molecule has 0 saturated heterocycles. The van der Waals surface area contributed by atoms with Gasteiger partial charge in [0, 0.05) is 26.6 Å². The number of nitrogens with zero attached hydrogens (tertiary/aromatic N) is 2. The average molecular weight is 601 g/mol. The Balaban J connectivity index is 2.02. The minimum Gasteiger partial charge on any atom is -0.345 e. The Morgan fingerprint density at radius 1 is 1.16 bits per heavy atom. The van der Waals surface area contributed by atoms with E-state index in [0.29, 0.717) is 31.2 Å². The lowest BCUT2D eigenvalue weighted by atomic mass is 10.1. The highest BCUT2D eigenvalue weighted by Gasteiger charge is 2.22. The van der Waals surface area contributed by atoms with E-state index in [-0.39, 0.29) is 29.3 Å². The van der Waals surface area contributed by atoms with Crippen LogP contribution in [0.15, 0.2) is 51.5 Å². The topological polar surface area (TPSA) is 93.1 Å². The van der Waals surface area contributed by atoms with Gasteiger partial charge in [0.15, 0.2) is 5.82 Å². The summed E-state index contributed by atoms with van der Waals surface area (Å²) in [7, 11) is 0. The third kappa shape index (κ3) is 5.43. The van der Waals surface area contributed by atoms with Gasteiger partial charge in [-0.15, -0.1) is 0 Å². The Morgan fingerprint density at radius 2 is 1.91 bits per heavy atom. The van der Waals surface area contributed by atoms with E-state index in [1.54, 1.807) is 47.2 Å². The predicted molar refractivity (Wildman–Crippen MR) is 134 cm³/mol. The molecule has 11 heteroatoms. The van der Waals surface area contributed by atoms with Gasteiger partial charge in [-0.2, -0.15) is 12.6 Å². The summed E-state index contributed by atoms with van der Waals surface area (Å²) < 4.78 is 2.72. The molecule has 0 radical (unpaired) electrons. The maximum absolute atomic E-state index is 13.3. The van der Waals surface area contributed by atoms with Crippen molar-refractivity contribution in [2.45, 2.75) is 12.7 Å². The molecule has 0 aliphatic carbocycles. The number of amides is 2. The van der Waals surface area contributed by atoms with Crippen LogP contribution in [0.2, 0.25) is 5.02 Å². The van der Waals surface area contributed by atoms with Crippen molar-refractivity contribution in [3.05, 3.63) is 73.5 Å². The zero-order chi connectivity index (χ0) is 23.4. The molecule has 2 amide bonds. The summed E-state index contributed by atoms with van der Waals surface area (Å²) in [6.45, 7) is 1.25. The number of aromatic nitrogens is 2. The highest BCUT2D eigenvalue weighted by Crippen LogP contribution is 2.32. The normalized spacial score (nSPS) is 10.7. The molecule has 32 heavy (non-hydrogen) atoms. The predicted octanol–water partition coefficient (Wildman–Crippen LogP) is 5.05. The van der Waals surface area contributed by atoms with Gasteiger partial charge in [-0.1, -0.05) is 27.5 Å². The largest absolute Gasteiger partial charge is 0.345 e. The quantitative estimate of drug-likeness (QED) is 0.331. The summed E-state index contributed by atoms with van der Waals surface area (Å²) in [6, 6.07) is 10.0. The number of ketones is 1. The standard InChI is InChI=1S/C21H17Br2ClN4O3S/c1-11(29)9-26-20(30)14-7-12(22)8-15(23)18(14)27-21(31)17-5-4-13(10-32)28(17)19-16(24)3-2-6-25-19/h2-8,32H,9-10H2,1H3,(H,26,30)(H,27,31). The van der Waals surface area contributed by atoms with E-state index in [4.69, 9.17) is 11.6 Å². The van der Waals surface area contributed by atoms with Crippen LogP contribution in [0.4, 0.5) is 5.69 Å². The third-order valence-electron chi connectivity index (χ3n) is 4.34. The molecule has 3 rings (SSSR count). The molecule has 3 aromatic rings. The van der Waals surface area contributed by atoms with E-state index in [1.165, 1.54) is 6.92 Å². The van der Waals surface area contributed by atoms with Crippen molar-refractivity contribution < 1.29 is 14.4 Å². The van der Waals surface area contributed by atoms with Gasteiger partial charge in [-0.25, -0.2) is 4.98 Å². The summed E-state index contributed by atoms with van der Waals surface area (Å²) in [5.41, 5.74) is 1.42. The van der Waals surface area contributed by atoms with Crippen LogP contribution in [0, 0.1) is 0 Å². The number of rotatable bonds is 7. The molecule has 7 nitrogen and oxygen atoms in total. The van der Waals surface area contributed by atoms with Gasteiger partial charge in [-0.3, -0.25) is 19.0 Å². The second-order valence-electron chi connectivity index (χ2n) is 6.66. The van der Waals surface area contributed by atoms with Crippen molar-refractivity contribution in [2.75, 3.05) is 11.9 Å². The Hall–Kier alpha value is -2.14. The first-order valence-electron chi connectivity index (χ1n) is 9.23. The zero-order valence-electron chi connectivity index (χ0n) is 16.7. The minimum atomic E-state index is -0.503. The average Bonchev–Trinajstić information content (AvgIpc) is 3.18. The summed E-state index contributed by atoms with van der Waals surface area (Å²) in [5.74, 6) is -0.439. The van der Waals surface area contributed by atoms with Crippen LogP contribution < -0.4 is 10.6 Å². The number of nitrogens with one attached hydrogen (secondary N) is 2. The Bertz CT molecular complexity index is 1220. The Labute approximate surface area is 211 Å². The van der Waals surface area contributed by atoms with Crippen LogP contribution in [0.25, 0.3) is 5.82 Å². The SMILES string of the molecule is CC(=O)CNC(=O)c1cc(Br)cc(Br)c1NC(=O)c1ccc(CS)n1-c1ncccc1Cl. The van der Waals surface area contributed by atoms with E-state index in [2.05, 4.69) is 60.1 Å². The summed E-state index contributed by atoms with van der Waals surface area (Å²) in [4.78, 5) is 41.5. The molecule has 2 heterocycles. The van der Waals surface area contributed by atoms with Crippen LogP contribution in [-0.4, -0.2) is 33.7 Å². The van der Waals surface area contributed by atoms with Crippen LogP contribution in [0.3, 0.4) is 0 Å². The van der Waals surface area contributed by atoms with Crippen molar-refractivity contribution in [1.82, 2.24) is 14.9 Å². The number of Topliss-reactive ketones (excluding diaryl/α,β-unsaturated/α-hetero) is 1. The fourth-order valence-corrected chi connectivity index (χ4v) is 4.71. The minimum absolute atomic E-state index is 0.122. The maximum atomic E-state index is 13.3. The molecule has 0 aliphatic rings. The molecule has 0 atom stereocenters. The van der Waals surface area contributed by atoms with Gasteiger partial charge in [0.05, 0.1) is 22.8 Å². The lowest BCUT2D eigenvalue weighted by molar-refractivity contribution is -0.116. The van der Waals surface area contributed by atoms with Gasteiger partial charge in [-0.05, 0) is 59.3 Å². The van der Waals surface area contributed by atoms with Crippen LogP contribution in [0.1, 0.15) is 33.5 Å². The maximum Gasteiger partial charge on any atom is 0.272 e. The fourth-order valence-electron chi connectivity index (χ4n) is 2.93. The van der Waals surface area contributed by atoms with E-state index in [9.17, 15) is 14.4 Å². The first-order chi connectivity index (χ1) is 15.2. The molecule has 2 N–H and O–H groups in total. The lowest BCUT2D eigenvalue weighted by Crippen LogP contribution is -2.29. The first kappa shape index (κ1) is 24.5. The number of carbonyl (C=O) groups excluding carboxylic acids is 3. The second-order valence-corrected chi connectivity index (χ2v) is 9.15. The molecule has 1 aromatic carbocycles. The number of carbonyl (C=O) groups is 3. The number of benzene rings is 1. The number of hydrogen-bond acceptors (Lipinski definition) is 5. The zero-order valence-corrected chi connectivity index (χ0v) is 21.5. The highest BCUT2D eigenvalue weighted by molar-refractivity contribution is 9.11. The molecule has 166 valence electrons. The molecule has 0 bridgehead atoms. The summed E-state index contributed by atoms with van der Waals surface area (Å²) >= 11 is 17.4. The number of thiol groups is 1. The Morgan fingerprint density at radius 3 is 2.56 bits per heavy atom. The second kappa shape index (κ2) is 10.7. The smallest absolute Gasteiger partial charge is 0.272 e. The van der Waals surface area contributed by atoms with E-state index in [1.807, 2.05) is 0 Å². The summed E-state index contributed by atoms with van der Waals surface area (Å²) in [5, 5.41) is 5.70. The number of anilines is 1. The van der Waals surface area contributed by atoms with Crippen molar-refractivity contribution in [3.63, 3.8) is 0 Å².